The molecule has 0 spiro atoms. The Morgan fingerprint density at radius 2 is 1.61 bits per heavy atom. The Morgan fingerprint density at radius 1 is 0.972 bits per heavy atom. The Labute approximate surface area is 214 Å². The first-order chi connectivity index (χ1) is 17.2. The van der Waals surface area contributed by atoms with E-state index in [1.807, 2.05) is 37.3 Å². The van der Waals surface area contributed by atoms with Crippen LogP contribution in [0.4, 0.5) is 5.69 Å². The van der Waals surface area contributed by atoms with E-state index in [0.717, 1.165) is 31.4 Å². The fourth-order valence-corrected chi connectivity index (χ4v) is 6.98. The lowest BCUT2D eigenvalue weighted by atomic mass is 9.89. The van der Waals surface area contributed by atoms with Crippen LogP contribution in [-0.4, -0.2) is 38.6 Å². The maximum atomic E-state index is 13.7. The molecular weight excluding hydrogens is 472 g/mol. The molecule has 1 atom stereocenters. The zero-order valence-corrected chi connectivity index (χ0v) is 22.1. The number of rotatable bonds is 8. The molecule has 0 bridgehead atoms. The highest BCUT2D eigenvalue weighted by Gasteiger charge is 2.37. The number of nitrogens with zero attached hydrogens (tertiary/aromatic N) is 2. The standard InChI is InChI=1S/C29H34N2O4S/c1-4-25-26(29(33)31(3)23-13-9-6-10-14-23)28(30-27(25)20(2)32)22-15-17-24(18-16-22)36(34,35)19-21-11-7-5-8-12-21/h6,9-10,13-18,21,25H,4-5,7-8,11-12,19H2,1-3H3. The van der Waals surface area contributed by atoms with Crippen molar-refractivity contribution in [3.8, 4) is 0 Å². The fraction of sp³-hybridized carbons (Fsp3) is 0.414. The van der Waals surface area contributed by atoms with Gasteiger partial charge in [0.2, 0.25) is 0 Å². The van der Waals surface area contributed by atoms with Gasteiger partial charge in [-0.15, -0.1) is 0 Å². The van der Waals surface area contributed by atoms with Crippen molar-refractivity contribution >= 4 is 38.6 Å². The van der Waals surface area contributed by atoms with Gasteiger partial charge in [0.15, 0.2) is 15.6 Å². The Morgan fingerprint density at radius 3 is 2.19 bits per heavy atom. The molecule has 190 valence electrons. The minimum atomic E-state index is -3.40. The number of likely N-dealkylation sites (N-methyl/N-ethyl adjacent to an activating group) is 1. The lowest BCUT2D eigenvalue weighted by molar-refractivity contribution is -0.115. The van der Waals surface area contributed by atoms with E-state index in [0.29, 0.717) is 29.0 Å². The van der Waals surface area contributed by atoms with Gasteiger partial charge in [-0.1, -0.05) is 56.5 Å². The molecule has 1 fully saturated rings. The number of amides is 1. The molecule has 2 aliphatic rings. The first-order valence-corrected chi connectivity index (χ1v) is 14.4. The highest BCUT2D eigenvalue weighted by Crippen LogP contribution is 2.37. The van der Waals surface area contributed by atoms with Crippen molar-refractivity contribution in [2.45, 2.75) is 57.3 Å². The van der Waals surface area contributed by atoms with Crippen molar-refractivity contribution in [3.05, 3.63) is 65.7 Å². The molecule has 1 aliphatic heterocycles. The SMILES string of the molecule is CCC1C(C(C)=O)=NC(c2ccc(S(=O)(=O)CC3CCCCC3)cc2)=C1C(=O)N(C)c1ccccc1. The molecule has 1 aliphatic carbocycles. The molecular formula is C29H34N2O4S. The minimum absolute atomic E-state index is 0.170. The van der Waals surface area contributed by atoms with Crippen LogP contribution in [0, 0.1) is 11.8 Å². The average Bonchev–Trinajstić information content (AvgIpc) is 3.29. The number of carbonyl (C=O) groups is 2. The van der Waals surface area contributed by atoms with Crippen molar-refractivity contribution in [2.75, 3.05) is 17.7 Å². The molecule has 0 saturated heterocycles. The van der Waals surface area contributed by atoms with Gasteiger partial charge in [-0.25, -0.2) is 13.4 Å². The maximum Gasteiger partial charge on any atom is 0.256 e. The first kappa shape index (κ1) is 26.0. The zero-order valence-electron chi connectivity index (χ0n) is 21.2. The number of anilines is 1. The van der Waals surface area contributed by atoms with Crippen LogP contribution in [-0.2, 0) is 19.4 Å². The summed E-state index contributed by atoms with van der Waals surface area (Å²) in [5.41, 5.74) is 2.64. The van der Waals surface area contributed by atoms with Gasteiger partial charge < -0.3 is 4.90 Å². The van der Waals surface area contributed by atoms with Gasteiger partial charge in [0.25, 0.3) is 5.91 Å². The number of hydrogen-bond acceptors (Lipinski definition) is 5. The number of para-hydroxylation sites is 1. The van der Waals surface area contributed by atoms with Crippen LogP contribution in [0.2, 0.25) is 0 Å². The Hall–Kier alpha value is -3.06. The highest BCUT2D eigenvalue weighted by molar-refractivity contribution is 7.91. The maximum absolute atomic E-state index is 13.7. The smallest absolute Gasteiger partial charge is 0.256 e. The topological polar surface area (TPSA) is 83.9 Å². The summed E-state index contributed by atoms with van der Waals surface area (Å²) < 4.78 is 26.1. The van der Waals surface area contributed by atoms with Crippen LogP contribution < -0.4 is 4.90 Å². The van der Waals surface area contributed by atoms with Gasteiger partial charge in [-0.3, -0.25) is 9.59 Å². The van der Waals surface area contributed by atoms with E-state index >= 15 is 0 Å². The molecule has 1 heterocycles. The molecule has 7 heteroatoms. The predicted molar refractivity (Wildman–Crippen MR) is 144 cm³/mol. The average molecular weight is 507 g/mol. The summed E-state index contributed by atoms with van der Waals surface area (Å²) in [5, 5.41) is 0. The molecule has 1 unspecified atom stereocenters. The molecule has 0 N–H and O–H groups in total. The van der Waals surface area contributed by atoms with Crippen molar-refractivity contribution in [3.63, 3.8) is 0 Å². The van der Waals surface area contributed by atoms with E-state index in [9.17, 15) is 18.0 Å². The summed E-state index contributed by atoms with van der Waals surface area (Å²) in [5.74, 6) is -0.420. The van der Waals surface area contributed by atoms with Crippen molar-refractivity contribution < 1.29 is 18.0 Å². The van der Waals surface area contributed by atoms with Crippen molar-refractivity contribution in [1.29, 1.82) is 0 Å². The van der Waals surface area contributed by atoms with E-state index in [1.165, 1.54) is 13.3 Å². The van der Waals surface area contributed by atoms with Crippen LogP contribution in [0.3, 0.4) is 0 Å². The van der Waals surface area contributed by atoms with Crippen LogP contribution >= 0.6 is 0 Å². The van der Waals surface area contributed by atoms with Crippen LogP contribution in [0.15, 0.2) is 70.1 Å². The zero-order chi connectivity index (χ0) is 25.9. The molecule has 36 heavy (non-hydrogen) atoms. The lowest BCUT2D eigenvalue weighted by Crippen LogP contribution is -2.33. The quantitative estimate of drug-likeness (QED) is 0.474. The molecule has 2 aromatic carbocycles. The summed E-state index contributed by atoms with van der Waals surface area (Å²) >= 11 is 0. The number of carbonyl (C=O) groups excluding carboxylic acids is 2. The number of aliphatic imine (C=N–C) groups is 1. The predicted octanol–water partition coefficient (Wildman–Crippen LogP) is 5.48. The fourth-order valence-electron chi connectivity index (χ4n) is 5.28. The number of benzene rings is 2. The first-order valence-electron chi connectivity index (χ1n) is 12.7. The summed E-state index contributed by atoms with van der Waals surface area (Å²) in [4.78, 5) is 32.6. The van der Waals surface area contributed by atoms with Crippen molar-refractivity contribution in [1.82, 2.24) is 0 Å². The van der Waals surface area contributed by atoms with Crippen LogP contribution in [0.5, 0.6) is 0 Å². The van der Waals surface area contributed by atoms with Crippen molar-refractivity contribution in [2.24, 2.45) is 16.8 Å². The van der Waals surface area contributed by atoms with E-state index < -0.39 is 15.8 Å². The van der Waals surface area contributed by atoms with E-state index in [1.54, 1.807) is 36.2 Å². The van der Waals surface area contributed by atoms with Gasteiger partial charge in [0.1, 0.15) is 0 Å². The van der Waals surface area contributed by atoms with Crippen LogP contribution in [0.25, 0.3) is 5.70 Å². The molecule has 1 saturated carbocycles. The minimum Gasteiger partial charge on any atom is -0.312 e. The lowest BCUT2D eigenvalue weighted by Gasteiger charge is -2.22. The summed E-state index contributed by atoms with van der Waals surface area (Å²) in [6.07, 6.45) is 5.85. The number of sulfone groups is 1. The number of hydrogen-bond donors (Lipinski definition) is 0. The summed E-state index contributed by atoms with van der Waals surface area (Å²) in [6, 6.07) is 15.9. The summed E-state index contributed by atoms with van der Waals surface area (Å²) in [6.45, 7) is 3.40. The van der Waals surface area contributed by atoms with E-state index in [4.69, 9.17) is 0 Å². The Balaban J connectivity index is 1.69. The normalized spacial score (nSPS) is 18.8. The highest BCUT2D eigenvalue weighted by atomic mass is 32.2. The molecule has 1 amide bonds. The molecule has 6 nitrogen and oxygen atoms in total. The Bertz CT molecular complexity index is 1290. The third-order valence-electron chi connectivity index (χ3n) is 7.28. The van der Waals surface area contributed by atoms with Gasteiger partial charge in [-0.2, -0.15) is 0 Å². The van der Waals surface area contributed by atoms with E-state index in [2.05, 4.69) is 4.99 Å². The second-order valence-corrected chi connectivity index (χ2v) is 11.8. The van der Waals surface area contributed by atoms with Crippen LogP contribution in [0.1, 0.15) is 57.9 Å². The molecule has 2 aromatic rings. The number of Topliss-reactive ketones (excluding diaryl/α,β-unsaturated/α-hetero) is 1. The third kappa shape index (κ3) is 5.36. The second kappa shape index (κ2) is 10.9. The molecule has 0 aromatic heterocycles. The summed E-state index contributed by atoms with van der Waals surface area (Å²) in [7, 11) is -1.69. The van der Waals surface area contributed by atoms with Gasteiger partial charge in [0, 0.05) is 31.1 Å². The number of ketones is 1. The second-order valence-electron chi connectivity index (χ2n) is 9.79. The largest absolute Gasteiger partial charge is 0.312 e. The van der Waals surface area contributed by atoms with Gasteiger partial charge in [-0.05, 0) is 49.4 Å². The molecule has 0 radical (unpaired) electrons. The van der Waals surface area contributed by atoms with E-state index in [-0.39, 0.29) is 28.3 Å². The monoisotopic (exact) mass is 506 g/mol. The Kier molecular flexibility index (Phi) is 7.88. The van der Waals surface area contributed by atoms with Gasteiger partial charge >= 0.3 is 0 Å². The van der Waals surface area contributed by atoms with Gasteiger partial charge in [0.05, 0.1) is 27.6 Å². The molecule has 4 rings (SSSR count). The third-order valence-corrected chi connectivity index (χ3v) is 9.18.